The van der Waals surface area contributed by atoms with Crippen LogP contribution < -0.4 is 9.62 Å². The molecular formula is C17H28N2O3S. The van der Waals surface area contributed by atoms with Gasteiger partial charge in [0.2, 0.25) is 15.9 Å². The molecule has 1 aromatic rings. The van der Waals surface area contributed by atoms with Gasteiger partial charge in [-0.1, -0.05) is 26.0 Å². The fraction of sp³-hybridized carbons (Fsp3) is 0.588. The maximum absolute atomic E-state index is 12.0. The quantitative estimate of drug-likeness (QED) is 0.866. The average Bonchev–Trinajstić information content (AvgIpc) is 2.35. The highest BCUT2D eigenvalue weighted by molar-refractivity contribution is 7.92. The number of hydrogen-bond acceptors (Lipinski definition) is 3. The van der Waals surface area contributed by atoms with Crippen LogP contribution in [-0.4, -0.2) is 32.7 Å². The molecule has 0 aliphatic carbocycles. The Morgan fingerprint density at radius 3 is 2.09 bits per heavy atom. The van der Waals surface area contributed by atoms with Gasteiger partial charge in [-0.3, -0.25) is 9.10 Å². The molecule has 0 radical (unpaired) electrons. The monoisotopic (exact) mass is 340 g/mol. The van der Waals surface area contributed by atoms with E-state index in [9.17, 15) is 13.2 Å². The van der Waals surface area contributed by atoms with Crippen LogP contribution in [0.4, 0.5) is 5.69 Å². The Morgan fingerprint density at radius 2 is 1.70 bits per heavy atom. The zero-order valence-electron chi connectivity index (χ0n) is 14.9. The first kappa shape index (κ1) is 19.5. The molecule has 0 aliphatic heterocycles. The molecule has 0 aliphatic rings. The van der Waals surface area contributed by atoms with E-state index in [0.717, 1.165) is 11.8 Å². The highest BCUT2D eigenvalue weighted by atomic mass is 32.2. The normalized spacial score (nSPS) is 12.3. The van der Waals surface area contributed by atoms with Gasteiger partial charge in [0.25, 0.3) is 0 Å². The Balaban J connectivity index is 2.88. The van der Waals surface area contributed by atoms with Gasteiger partial charge in [-0.05, 0) is 44.4 Å². The lowest BCUT2D eigenvalue weighted by Gasteiger charge is -2.24. The molecular weight excluding hydrogens is 312 g/mol. The topological polar surface area (TPSA) is 66.5 Å². The molecule has 0 spiro atoms. The van der Waals surface area contributed by atoms with E-state index in [0.29, 0.717) is 11.6 Å². The number of nitrogens with one attached hydrogen (secondary N) is 1. The summed E-state index contributed by atoms with van der Waals surface area (Å²) in [6.07, 6.45) is 1.28. The molecule has 6 heteroatoms. The average molecular weight is 340 g/mol. The molecule has 1 amide bonds. The van der Waals surface area contributed by atoms with Gasteiger partial charge in [0.05, 0.1) is 11.9 Å². The third kappa shape index (κ3) is 6.60. The van der Waals surface area contributed by atoms with E-state index in [2.05, 4.69) is 19.2 Å². The number of benzene rings is 1. The van der Waals surface area contributed by atoms with Crippen LogP contribution in [0.25, 0.3) is 0 Å². The molecule has 23 heavy (non-hydrogen) atoms. The minimum Gasteiger partial charge on any atom is -0.351 e. The molecule has 5 nitrogen and oxygen atoms in total. The first-order valence-corrected chi connectivity index (χ1v) is 9.63. The standard InChI is InChI=1S/C17H28N2O3S/c1-13(2)14-7-9-15(10-8-14)19(23(6,21)22)12-11-16(20)18-17(3,4)5/h7-10,13H,11-12H2,1-6H3,(H,18,20). The van der Waals surface area contributed by atoms with E-state index in [4.69, 9.17) is 0 Å². The zero-order chi connectivity index (χ0) is 17.8. The van der Waals surface area contributed by atoms with Crippen LogP contribution in [0.1, 0.15) is 52.5 Å². The number of carbonyl (C=O) groups is 1. The summed E-state index contributed by atoms with van der Waals surface area (Å²) in [5.74, 6) is 0.221. The number of amides is 1. The van der Waals surface area contributed by atoms with Gasteiger partial charge in [0.15, 0.2) is 0 Å². The van der Waals surface area contributed by atoms with E-state index in [-0.39, 0.29) is 24.4 Å². The van der Waals surface area contributed by atoms with Crippen molar-refractivity contribution in [3.63, 3.8) is 0 Å². The SMILES string of the molecule is CC(C)c1ccc(N(CCC(=O)NC(C)(C)C)S(C)(=O)=O)cc1. The van der Waals surface area contributed by atoms with Crippen LogP contribution in [0.3, 0.4) is 0 Å². The molecule has 0 atom stereocenters. The van der Waals surface area contributed by atoms with Crippen LogP contribution in [0.15, 0.2) is 24.3 Å². The van der Waals surface area contributed by atoms with Crippen molar-refractivity contribution in [3.8, 4) is 0 Å². The summed E-state index contributed by atoms with van der Waals surface area (Å²) >= 11 is 0. The highest BCUT2D eigenvalue weighted by Crippen LogP contribution is 2.22. The highest BCUT2D eigenvalue weighted by Gasteiger charge is 2.20. The third-order valence-electron chi connectivity index (χ3n) is 3.30. The number of nitrogens with zero attached hydrogens (tertiary/aromatic N) is 1. The smallest absolute Gasteiger partial charge is 0.232 e. The third-order valence-corrected chi connectivity index (χ3v) is 4.50. The number of anilines is 1. The second-order valence-electron chi connectivity index (χ2n) is 7.13. The van der Waals surface area contributed by atoms with E-state index in [1.165, 1.54) is 4.31 Å². The number of sulfonamides is 1. The van der Waals surface area contributed by atoms with E-state index >= 15 is 0 Å². The molecule has 1 rings (SSSR count). The summed E-state index contributed by atoms with van der Waals surface area (Å²) in [5.41, 5.74) is 1.40. The Hall–Kier alpha value is -1.56. The summed E-state index contributed by atoms with van der Waals surface area (Å²) in [6.45, 7) is 9.97. The molecule has 1 aromatic carbocycles. The predicted molar refractivity (Wildman–Crippen MR) is 95.2 cm³/mol. The van der Waals surface area contributed by atoms with Crippen LogP contribution in [0.5, 0.6) is 0 Å². The molecule has 0 aromatic heterocycles. The summed E-state index contributed by atoms with van der Waals surface area (Å²) < 4.78 is 25.4. The van der Waals surface area contributed by atoms with Gasteiger partial charge in [-0.25, -0.2) is 8.42 Å². The Kier molecular flexibility index (Phi) is 6.22. The molecule has 0 heterocycles. The fourth-order valence-electron chi connectivity index (χ4n) is 2.20. The van der Waals surface area contributed by atoms with Gasteiger partial charge in [0, 0.05) is 18.5 Å². The molecule has 130 valence electrons. The summed E-state index contributed by atoms with van der Waals surface area (Å²) in [5, 5.41) is 2.84. The maximum atomic E-state index is 12.0. The van der Waals surface area contributed by atoms with Crippen LogP contribution in [0.2, 0.25) is 0 Å². The molecule has 0 saturated heterocycles. The molecule has 0 bridgehead atoms. The minimum atomic E-state index is -3.44. The predicted octanol–water partition coefficient (Wildman–Crippen LogP) is 2.88. The summed E-state index contributed by atoms with van der Waals surface area (Å²) in [7, 11) is -3.44. The zero-order valence-corrected chi connectivity index (χ0v) is 15.7. The van der Waals surface area contributed by atoms with Crippen molar-refractivity contribution in [2.24, 2.45) is 0 Å². The van der Waals surface area contributed by atoms with Gasteiger partial charge in [0.1, 0.15) is 0 Å². The van der Waals surface area contributed by atoms with Crippen molar-refractivity contribution in [2.75, 3.05) is 17.1 Å². The second kappa shape index (κ2) is 7.34. The Morgan fingerprint density at radius 1 is 1.17 bits per heavy atom. The number of carbonyl (C=O) groups excluding carboxylic acids is 1. The molecule has 0 fully saturated rings. The summed E-state index contributed by atoms with van der Waals surface area (Å²) in [4.78, 5) is 11.9. The van der Waals surface area contributed by atoms with Crippen LogP contribution >= 0.6 is 0 Å². The molecule has 0 saturated carbocycles. The minimum absolute atomic E-state index is 0.121. The van der Waals surface area contributed by atoms with Gasteiger partial charge in [-0.15, -0.1) is 0 Å². The number of hydrogen-bond donors (Lipinski definition) is 1. The summed E-state index contributed by atoms with van der Waals surface area (Å²) in [6, 6.07) is 7.43. The molecule has 1 N–H and O–H groups in total. The van der Waals surface area contributed by atoms with Crippen molar-refractivity contribution in [1.82, 2.24) is 5.32 Å². The van der Waals surface area contributed by atoms with E-state index < -0.39 is 10.0 Å². The van der Waals surface area contributed by atoms with Crippen LogP contribution in [-0.2, 0) is 14.8 Å². The lowest BCUT2D eigenvalue weighted by atomic mass is 10.0. The second-order valence-corrected chi connectivity index (χ2v) is 9.04. The van der Waals surface area contributed by atoms with Crippen molar-refractivity contribution < 1.29 is 13.2 Å². The lowest BCUT2D eigenvalue weighted by molar-refractivity contribution is -0.122. The Bertz CT molecular complexity index is 629. The van der Waals surface area contributed by atoms with E-state index in [1.54, 1.807) is 12.1 Å². The van der Waals surface area contributed by atoms with Crippen molar-refractivity contribution >= 4 is 21.6 Å². The van der Waals surface area contributed by atoms with Gasteiger partial charge in [-0.2, -0.15) is 0 Å². The van der Waals surface area contributed by atoms with Crippen molar-refractivity contribution in [1.29, 1.82) is 0 Å². The van der Waals surface area contributed by atoms with E-state index in [1.807, 2.05) is 32.9 Å². The molecule has 0 unspecified atom stereocenters. The van der Waals surface area contributed by atoms with Gasteiger partial charge < -0.3 is 5.32 Å². The first-order chi connectivity index (χ1) is 10.4. The first-order valence-electron chi connectivity index (χ1n) is 7.79. The Labute approximate surface area is 140 Å². The maximum Gasteiger partial charge on any atom is 0.232 e. The lowest BCUT2D eigenvalue weighted by Crippen LogP contribution is -2.42. The van der Waals surface area contributed by atoms with Crippen molar-refractivity contribution in [3.05, 3.63) is 29.8 Å². The fourth-order valence-corrected chi connectivity index (χ4v) is 3.12. The van der Waals surface area contributed by atoms with Crippen LogP contribution in [0, 0.1) is 0 Å². The van der Waals surface area contributed by atoms with Gasteiger partial charge >= 0.3 is 0 Å². The number of rotatable bonds is 6. The van der Waals surface area contributed by atoms with Crippen molar-refractivity contribution in [2.45, 2.75) is 52.5 Å². The largest absolute Gasteiger partial charge is 0.351 e.